The first-order chi connectivity index (χ1) is 6.74. The Hall–Kier alpha value is -1.57. The highest BCUT2D eigenvalue weighted by molar-refractivity contribution is 6.03. The molecule has 1 heterocycles. The van der Waals surface area contributed by atoms with Crippen molar-refractivity contribution in [1.29, 1.82) is 0 Å². The molecule has 0 aromatic heterocycles. The van der Waals surface area contributed by atoms with Gasteiger partial charge in [0.1, 0.15) is 5.76 Å². The fourth-order valence-electron chi connectivity index (χ4n) is 1.49. The normalized spacial score (nSPS) is 17.7. The molecule has 0 unspecified atom stereocenters. The average molecular weight is 187 g/mol. The first-order valence-electron chi connectivity index (χ1n) is 4.54. The van der Waals surface area contributed by atoms with Crippen LogP contribution >= 0.6 is 0 Å². The molecule has 1 radical (unpaired) electrons. The molecule has 14 heavy (non-hydrogen) atoms. The monoisotopic (exact) mass is 187 g/mol. The maximum Gasteiger partial charge on any atom is 0.344 e. The van der Waals surface area contributed by atoms with E-state index in [0.29, 0.717) is 17.7 Å². The zero-order valence-corrected chi connectivity index (χ0v) is 8.04. The maximum absolute atomic E-state index is 11.4. The first-order valence-corrected chi connectivity index (χ1v) is 4.54. The number of cyclic esters (lactones) is 1. The molecule has 71 valence electrons. The molecule has 0 amide bonds. The van der Waals surface area contributed by atoms with Gasteiger partial charge in [0.2, 0.25) is 0 Å². The van der Waals surface area contributed by atoms with Gasteiger partial charge in [0.05, 0.1) is 5.56 Å². The Kier molecular flexibility index (Phi) is 2.12. The van der Waals surface area contributed by atoms with E-state index in [-0.39, 0.29) is 5.97 Å². The van der Waals surface area contributed by atoms with Crippen molar-refractivity contribution in [2.24, 2.45) is 0 Å². The second-order valence-electron chi connectivity index (χ2n) is 3.29. The highest BCUT2D eigenvalue weighted by Gasteiger charge is 2.26. The molecule has 1 aromatic rings. The Morgan fingerprint density at radius 3 is 2.64 bits per heavy atom. The van der Waals surface area contributed by atoms with Crippen LogP contribution in [0.25, 0.3) is 5.76 Å². The summed E-state index contributed by atoms with van der Waals surface area (Å²) >= 11 is 0. The molecule has 1 aliphatic heterocycles. The molecule has 0 bridgehead atoms. The number of ether oxygens (including phenoxy) is 1. The van der Waals surface area contributed by atoms with Gasteiger partial charge in [-0.2, -0.15) is 0 Å². The van der Waals surface area contributed by atoms with Crippen LogP contribution in [-0.4, -0.2) is 5.97 Å². The summed E-state index contributed by atoms with van der Waals surface area (Å²) in [5.74, 6) is 0.420. The lowest BCUT2D eigenvalue weighted by atomic mass is 10.0. The lowest BCUT2D eigenvalue weighted by molar-refractivity contribution is 0.0714. The van der Waals surface area contributed by atoms with E-state index in [2.05, 4.69) is 6.92 Å². The lowest BCUT2D eigenvalue weighted by Crippen LogP contribution is -1.92. The van der Waals surface area contributed by atoms with E-state index in [0.717, 1.165) is 11.1 Å². The first kappa shape index (κ1) is 9.00. The van der Waals surface area contributed by atoms with E-state index >= 15 is 0 Å². The van der Waals surface area contributed by atoms with Crippen molar-refractivity contribution < 1.29 is 9.53 Å². The second-order valence-corrected chi connectivity index (χ2v) is 3.29. The molecular weight excluding hydrogens is 176 g/mol. The van der Waals surface area contributed by atoms with Crippen LogP contribution in [0, 0.1) is 6.92 Å². The van der Waals surface area contributed by atoms with E-state index in [1.807, 2.05) is 25.1 Å². The van der Waals surface area contributed by atoms with Crippen LogP contribution in [-0.2, 0) is 4.74 Å². The smallest absolute Gasteiger partial charge is 0.344 e. The van der Waals surface area contributed by atoms with Crippen molar-refractivity contribution in [1.82, 2.24) is 0 Å². The minimum absolute atomic E-state index is 0.261. The van der Waals surface area contributed by atoms with E-state index < -0.39 is 0 Å². The molecule has 1 aliphatic rings. The van der Waals surface area contributed by atoms with Crippen molar-refractivity contribution >= 4 is 11.7 Å². The third-order valence-electron chi connectivity index (χ3n) is 2.35. The zero-order chi connectivity index (χ0) is 10.1. The number of hydrogen-bond acceptors (Lipinski definition) is 2. The SMILES string of the molecule is [CH2]C/C(C)=C1/OC(=O)c2ccccc21. The third-order valence-corrected chi connectivity index (χ3v) is 2.35. The van der Waals surface area contributed by atoms with Crippen LogP contribution < -0.4 is 0 Å². The minimum atomic E-state index is -0.261. The predicted octanol–water partition coefficient (Wildman–Crippen LogP) is 2.81. The molecule has 2 nitrogen and oxygen atoms in total. The summed E-state index contributed by atoms with van der Waals surface area (Å²) in [6.07, 6.45) is 0.650. The number of esters is 1. The third kappa shape index (κ3) is 1.23. The van der Waals surface area contributed by atoms with E-state index in [9.17, 15) is 4.79 Å². The van der Waals surface area contributed by atoms with Gasteiger partial charge >= 0.3 is 5.97 Å². The average Bonchev–Trinajstić information content (AvgIpc) is 2.56. The Balaban J connectivity index is 2.60. The van der Waals surface area contributed by atoms with Crippen LogP contribution in [0.1, 0.15) is 29.3 Å². The van der Waals surface area contributed by atoms with Gasteiger partial charge in [-0.05, 0) is 31.9 Å². The summed E-state index contributed by atoms with van der Waals surface area (Å²) in [6, 6.07) is 7.41. The van der Waals surface area contributed by atoms with Crippen molar-refractivity contribution in [2.75, 3.05) is 0 Å². The summed E-state index contributed by atoms with van der Waals surface area (Å²) in [5.41, 5.74) is 2.54. The molecule has 0 atom stereocenters. The van der Waals surface area contributed by atoms with Crippen LogP contribution in [0.15, 0.2) is 29.8 Å². The van der Waals surface area contributed by atoms with Crippen LogP contribution in [0.2, 0.25) is 0 Å². The molecular formula is C12H11O2. The lowest BCUT2D eigenvalue weighted by Gasteiger charge is -2.02. The summed E-state index contributed by atoms with van der Waals surface area (Å²) in [7, 11) is 0. The summed E-state index contributed by atoms with van der Waals surface area (Å²) in [5, 5.41) is 0. The van der Waals surface area contributed by atoms with Gasteiger partial charge in [-0.3, -0.25) is 0 Å². The van der Waals surface area contributed by atoms with Gasteiger partial charge in [-0.15, -0.1) is 0 Å². The Morgan fingerprint density at radius 2 is 2.00 bits per heavy atom. The molecule has 0 fully saturated rings. The Bertz CT molecular complexity index is 416. The van der Waals surface area contributed by atoms with Gasteiger partial charge in [0, 0.05) is 5.56 Å². The van der Waals surface area contributed by atoms with Crippen molar-refractivity contribution in [2.45, 2.75) is 13.3 Å². The fraction of sp³-hybridized carbons (Fsp3) is 0.167. The number of hydrogen-bond donors (Lipinski definition) is 0. The van der Waals surface area contributed by atoms with Gasteiger partial charge in [-0.1, -0.05) is 18.2 Å². The number of benzene rings is 1. The molecule has 0 saturated heterocycles. The molecule has 0 N–H and O–H groups in total. The van der Waals surface area contributed by atoms with Crippen molar-refractivity contribution in [3.63, 3.8) is 0 Å². The zero-order valence-electron chi connectivity index (χ0n) is 8.04. The van der Waals surface area contributed by atoms with Gasteiger partial charge in [-0.25, -0.2) is 4.79 Å². The minimum Gasteiger partial charge on any atom is -0.422 e. The largest absolute Gasteiger partial charge is 0.422 e. The summed E-state index contributed by atoms with van der Waals surface area (Å²) < 4.78 is 5.19. The Morgan fingerprint density at radius 1 is 1.36 bits per heavy atom. The van der Waals surface area contributed by atoms with Gasteiger partial charge in [0.25, 0.3) is 0 Å². The number of carbonyl (C=O) groups excluding carboxylic acids is 1. The number of allylic oxidation sites excluding steroid dienone is 1. The van der Waals surface area contributed by atoms with E-state index in [1.54, 1.807) is 6.07 Å². The van der Waals surface area contributed by atoms with E-state index in [4.69, 9.17) is 4.74 Å². The number of fused-ring (bicyclic) bond motifs is 1. The highest BCUT2D eigenvalue weighted by Crippen LogP contribution is 2.32. The molecule has 0 saturated carbocycles. The standard InChI is InChI=1S/C12H11O2/c1-3-8(2)11-9-6-4-5-7-10(9)12(13)14-11/h4-7H,1,3H2,2H3/b11-8+. The summed E-state index contributed by atoms with van der Waals surface area (Å²) in [6.45, 7) is 5.71. The van der Waals surface area contributed by atoms with E-state index in [1.165, 1.54) is 0 Å². The van der Waals surface area contributed by atoms with Crippen LogP contribution in [0.3, 0.4) is 0 Å². The van der Waals surface area contributed by atoms with Crippen LogP contribution in [0.5, 0.6) is 0 Å². The molecule has 2 rings (SSSR count). The van der Waals surface area contributed by atoms with Gasteiger partial charge in [0.15, 0.2) is 0 Å². The number of rotatable bonds is 1. The Labute approximate surface area is 83.2 Å². The molecule has 0 aliphatic carbocycles. The molecule has 1 aromatic carbocycles. The summed E-state index contributed by atoms with van der Waals surface area (Å²) in [4.78, 5) is 11.4. The van der Waals surface area contributed by atoms with Crippen LogP contribution in [0.4, 0.5) is 0 Å². The van der Waals surface area contributed by atoms with Gasteiger partial charge < -0.3 is 4.74 Å². The topological polar surface area (TPSA) is 26.3 Å². The molecule has 2 heteroatoms. The quantitative estimate of drug-likeness (QED) is 0.632. The predicted molar refractivity (Wildman–Crippen MR) is 54.4 cm³/mol. The van der Waals surface area contributed by atoms with Crippen molar-refractivity contribution in [3.05, 3.63) is 47.9 Å². The van der Waals surface area contributed by atoms with Crippen molar-refractivity contribution in [3.8, 4) is 0 Å². The highest BCUT2D eigenvalue weighted by atomic mass is 16.5. The number of carbonyl (C=O) groups is 1. The molecule has 0 spiro atoms. The second kappa shape index (κ2) is 3.29. The maximum atomic E-state index is 11.4. The fourth-order valence-corrected chi connectivity index (χ4v) is 1.49.